The summed E-state index contributed by atoms with van der Waals surface area (Å²) < 4.78 is 0. The van der Waals surface area contributed by atoms with E-state index in [0.29, 0.717) is 13.0 Å². The van der Waals surface area contributed by atoms with Crippen LogP contribution in [0, 0.1) is 0 Å². The monoisotopic (exact) mass is 247 g/mol. The van der Waals surface area contributed by atoms with Crippen molar-refractivity contribution in [1.82, 2.24) is 10.2 Å². The molecule has 1 aliphatic rings. The summed E-state index contributed by atoms with van der Waals surface area (Å²) in [5.74, 6) is 0.0673. The highest BCUT2D eigenvalue weighted by atomic mass is 16.2. The Labute approximate surface area is 106 Å². The van der Waals surface area contributed by atoms with Gasteiger partial charge < -0.3 is 15.5 Å². The average molecular weight is 247 g/mol. The van der Waals surface area contributed by atoms with Gasteiger partial charge in [0.05, 0.1) is 0 Å². The summed E-state index contributed by atoms with van der Waals surface area (Å²) in [7, 11) is 3.36. The van der Waals surface area contributed by atoms with E-state index in [4.69, 9.17) is 0 Å². The van der Waals surface area contributed by atoms with Crippen LogP contribution in [0.4, 0.5) is 10.5 Å². The zero-order valence-corrected chi connectivity index (χ0v) is 10.6. The summed E-state index contributed by atoms with van der Waals surface area (Å²) in [5, 5.41) is 5.43. The Morgan fingerprint density at radius 3 is 2.94 bits per heavy atom. The number of hydrogen-bond acceptors (Lipinski definition) is 2. The summed E-state index contributed by atoms with van der Waals surface area (Å²) >= 11 is 0. The molecule has 0 radical (unpaired) electrons. The van der Waals surface area contributed by atoms with Crippen molar-refractivity contribution < 1.29 is 9.59 Å². The number of benzene rings is 1. The molecule has 5 nitrogen and oxygen atoms in total. The fourth-order valence-corrected chi connectivity index (χ4v) is 2.07. The van der Waals surface area contributed by atoms with Crippen molar-refractivity contribution in [3.8, 4) is 0 Å². The Morgan fingerprint density at radius 2 is 2.22 bits per heavy atom. The molecule has 3 amide bonds. The number of nitrogens with one attached hydrogen (secondary N) is 2. The van der Waals surface area contributed by atoms with E-state index in [1.807, 2.05) is 18.2 Å². The molecule has 1 heterocycles. The lowest BCUT2D eigenvalue weighted by atomic mass is 10.0. The van der Waals surface area contributed by atoms with Crippen molar-refractivity contribution >= 4 is 17.6 Å². The van der Waals surface area contributed by atoms with Crippen molar-refractivity contribution in [2.75, 3.05) is 19.4 Å². The van der Waals surface area contributed by atoms with Crippen molar-refractivity contribution in [1.29, 1.82) is 0 Å². The Hall–Kier alpha value is -2.04. The molecule has 1 aliphatic heterocycles. The predicted octanol–water partition coefficient (Wildman–Crippen LogP) is 1.34. The summed E-state index contributed by atoms with van der Waals surface area (Å²) in [6.45, 7) is 0.556. The number of carbonyl (C=O) groups is 2. The molecule has 0 unspecified atom stereocenters. The maximum atomic E-state index is 11.4. The number of amides is 3. The van der Waals surface area contributed by atoms with Crippen LogP contribution in [0.15, 0.2) is 18.2 Å². The molecule has 5 heteroatoms. The van der Waals surface area contributed by atoms with Crippen molar-refractivity contribution in [3.05, 3.63) is 29.3 Å². The number of fused-ring (bicyclic) bond motifs is 1. The molecule has 0 spiro atoms. The van der Waals surface area contributed by atoms with Crippen LogP contribution in [0.1, 0.15) is 17.5 Å². The molecule has 18 heavy (non-hydrogen) atoms. The van der Waals surface area contributed by atoms with Crippen LogP contribution in [0.5, 0.6) is 0 Å². The Bertz CT molecular complexity index is 485. The summed E-state index contributed by atoms with van der Waals surface area (Å²) in [4.78, 5) is 24.3. The van der Waals surface area contributed by atoms with E-state index in [1.165, 1.54) is 0 Å². The molecule has 2 N–H and O–H groups in total. The number of nitrogens with zero attached hydrogens (tertiary/aromatic N) is 1. The van der Waals surface area contributed by atoms with Gasteiger partial charge in [0.1, 0.15) is 0 Å². The number of carbonyl (C=O) groups excluding carboxylic acids is 2. The molecule has 0 fully saturated rings. The van der Waals surface area contributed by atoms with Crippen LogP contribution in [0.3, 0.4) is 0 Å². The molecule has 2 rings (SSSR count). The lowest BCUT2D eigenvalue weighted by molar-refractivity contribution is -0.116. The molecular formula is C13H17N3O2. The first-order valence-electron chi connectivity index (χ1n) is 5.94. The van der Waals surface area contributed by atoms with Gasteiger partial charge in [0.25, 0.3) is 0 Å². The number of anilines is 1. The maximum absolute atomic E-state index is 11.4. The van der Waals surface area contributed by atoms with Gasteiger partial charge >= 0.3 is 6.03 Å². The number of rotatable bonds is 2. The Morgan fingerprint density at radius 1 is 1.44 bits per heavy atom. The maximum Gasteiger partial charge on any atom is 0.317 e. The summed E-state index contributed by atoms with van der Waals surface area (Å²) in [6.07, 6.45) is 1.29. The highest BCUT2D eigenvalue weighted by Gasteiger charge is 2.15. The molecule has 0 saturated carbocycles. The molecule has 0 saturated heterocycles. The fourth-order valence-electron chi connectivity index (χ4n) is 2.07. The van der Waals surface area contributed by atoms with Crippen LogP contribution in [0.25, 0.3) is 0 Å². The van der Waals surface area contributed by atoms with E-state index >= 15 is 0 Å². The smallest absolute Gasteiger partial charge is 0.317 e. The second-order valence-corrected chi connectivity index (χ2v) is 4.45. The molecule has 0 aliphatic carbocycles. The highest BCUT2D eigenvalue weighted by Crippen LogP contribution is 2.23. The van der Waals surface area contributed by atoms with Crippen LogP contribution in [-0.4, -0.2) is 30.9 Å². The normalized spacial score (nSPS) is 13.6. The lowest BCUT2D eigenvalue weighted by Crippen LogP contribution is -2.34. The van der Waals surface area contributed by atoms with Gasteiger partial charge in [-0.3, -0.25) is 4.79 Å². The van der Waals surface area contributed by atoms with Gasteiger partial charge in [-0.05, 0) is 23.6 Å². The lowest BCUT2D eigenvalue weighted by Gasteiger charge is -2.20. The van der Waals surface area contributed by atoms with Crippen molar-refractivity contribution in [3.63, 3.8) is 0 Å². The van der Waals surface area contributed by atoms with Crippen LogP contribution < -0.4 is 10.6 Å². The Kier molecular flexibility index (Phi) is 3.50. The summed E-state index contributed by atoms with van der Waals surface area (Å²) in [6, 6.07) is 5.78. The second kappa shape index (κ2) is 5.08. The zero-order chi connectivity index (χ0) is 13.1. The van der Waals surface area contributed by atoms with Gasteiger partial charge in [0.15, 0.2) is 0 Å². The van der Waals surface area contributed by atoms with Gasteiger partial charge in [-0.1, -0.05) is 12.1 Å². The van der Waals surface area contributed by atoms with E-state index < -0.39 is 0 Å². The zero-order valence-electron chi connectivity index (χ0n) is 10.6. The first kappa shape index (κ1) is 12.4. The molecule has 96 valence electrons. The highest BCUT2D eigenvalue weighted by molar-refractivity contribution is 5.93. The third kappa shape index (κ3) is 2.61. The van der Waals surface area contributed by atoms with E-state index in [0.717, 1.165) is 23.2 Å². The molecular weight excluding hydrogens is 230 g/mol. The van der Waals surface area contributed by atoms with Crippen molar-refractivity contribution in [2.24, 2.45) is 0 Å². The Balaban J connectivity index is 2.12. The molecule has 1 aromatic carbocycles. The molecule has 0 atom stereocenters. The van der Waals surface area contributed by atoms with Crippen LogP contribution >= 0.6 is 0 Å². The van der Waals surface area contributed by atoms with Gasteiger partial charge in [-0.15, -0.1) is 0 Å². The number of urea groups is 1. The number of hydrogen-bond donors (Lipinski definition) is 2. The second-order valence-electron chi connectivity index (χ2n) is 4.45. The topological polar surface area (TPSA) is 61.4 Å². The van der Waals surface area contributed by atoms with Crippen molar-refractivity contribution in [2.45, 2.75) is 19.4 Å². The molecule has 0 aromatic heterocycles. The van der Waals surface area contributed by atoms with Gasteiger partial charge in [-0.2, -0.15) is 0 Å². The van der Waals surface area contributed by atoms with E-state index in [2.05, 4.69) is 10.6 Å². The number of aryl methyl sites for hydroxylation is 1. The van der Waals surface area contributed by atoms with Gasteiger partial charge in [0.2, 0.25) is 5.91 Å². The SMILES string of the molecule is CNC(=O)N(C)Cc1ccc2c(c1)CCC(=O)N2. The van der Waals surface area contributed by atoms with E-state index in [1.54, 1.807) is 19.0 Å². The fraction of sp³-hybridized carbons (Fsp3) is 0.385. The minimum atomic E-state index is -0.110. The van der Waals surface area contributed by atoms with Gasteiger partial charge in [0, 0.05) is 32.7 Å². The largest absolute Gasteiger partial charge is 0.341 e. The minimum absolute atomic E-state index is 0.0673. The van der Waals surface area contributed by atoms with Crippen LogP contribution in [-0.2, 0) is 17.8 Å². The van der Waals surface area contributed by atoms with E-state index in [9.17, 15) is 9.59 Å². The quantitative estimate of drug-likeness (QED) is 0.828. The van der Waals surface area contributed by atoms with E-state index in [-0.39, 0.29) is 11.9 Å². The summed E-state index contributed by atoms with van der Waals surface area (Å²) in [5.41, 5.74) is 3.09. The predicted molar refractivity (Wildman–Crippen MR) is 69.3 cm³/mol. The first-order chi connectivity index (χ1) is 8.60. The van der Waals surface area contributed by atoms with Crippen LogP contribution in [0.2, 0.25) is 0 Å². The van der Waals surface area contributed by atoms with Gasteiger partial charge in [-0.25, -0.2) is 4.79 Å². The third-order valence-corrected chi connectivity index (χ3v) is 3.05. The first-order valence-corrected chi connectivity index (χ1v) is 5.94. The third-order valence-electron chi connectivity index (χ3n) is 3.05. The standard InChI is InChI=1S/C13H17N3O2/c1-14-13(18)16(2)8-9-3-5-11-10(7-9)4-6-12(17)15-11/h3,5,7H,4,6,8H2,1-2H3,(H,14,18)(H,15,17). The average Bonchev–Trinajstić information content (AvgIpc) is 2.38. The molecule has 1 aromatic rings. The minimum Gasteiger partial charge on any atom is -0.341 e. The molecule has 0 bridgehead atoms.